The molecule has 8 heteroatoms. The molecule has 1 aromatic heterocycles. The Hall–Kier alpha value is -2.74. The van der Waals surface area contributed by atoms with Crippen molar-refractivity contribution in [2.24, 2.45) is 0 Å². The van der Waals surface area contributed by atoms with Crippen molar-refractivity contribution in [2.75, 3.05) is 10.1 Å². The number of pyridine rings is 1. The molecule has 0 bridgehead atoms. The number of aromatic nitrogens is 1. The molecule has 0 amide bonds. The van der Waals surface area contributed by atoms with Crippen molar-refractivity contribution in [3.8, 4) is 5.75 Å². The minimum absolute atomic E-state index is 0.0457. The maximum atomic E-state index is 11.1. The molecule has 3 rings (SSSR count). The van der Waals surface area contributed by atoms with Crippen LogP contribution in [0.1, 0.15) is 0 Å². The number of aldehydes is 1. The van der Waals surface area contributed by atoms with Gasteiger partial charge in [0.05, 0.1) is 11.3 Å². The van der Waals surface area contributed by atoms with E-state index in [2.05, 4.69) is 4.98 Å². The van der Waals surface area contributed by atoms with Gasteiger partial charge in [-0.05, 0) is 24.1 Å². The Morgan fingerprint density at radius 1 is 1.41 bits per heavy atom. The average Bonchev–Trinajstić information content (AvgIpc) is 2.87. The normalized spacial score (nSPS) is 14.5. The predicted molar refractivity (Wildman–Crippen MR) is 81.1 cm³/mol. The lowest BCUT2D eigenvalue weighted by molar-refractivity contribution is -0.105. The van der Waals surface area contributed by atoms with Crippen molar-refractivity contribution in [1.82, 2.24) is 4.98 Å². The van der Waals surface area contributed by atoms with Gasteiger partial charge in [-0.15, -0.1) is 0 Å². The van der Waals surface area contributed by atoms with Crippen LogP contribution in [0.4, 0.5) is 10.6 Å². The van der Waals surface area contributed by atoms with Gasteiger partial charge in [-0.25, -0.2) is 9.78 Å². The molecule has 7 nitrogen and oxygen atoms in total. The Kier molecular flexibility index (Phi) is 3.60. The predicted octanol–water partition coefficient (Wildman–Crippen LogP) is 2.73. The van der Waals surface area contributed by atoms with Gasteiger partial charge in [-0.1, -0.05) is 12.1 Å². The van der Waals surface area contributed by atoms with Gasteiger partial charge in [0.1, 0.15) is 23.0 Å². The van der Waals surface area contributed by atoms with Crippen LogP contribution in [0.15, 0.2) is 41.8 Å². The van der Waals surface area contributed by atoms with Gasteiger partial charge in [0.25, 0.3) is 0 Å². The van der Waals surface area contributed by atoms with E-state index < -0.39 is 6.16 Å². The maximum Gasteiger partial charge on any atom is 0.511 e. The Labute approximate surface area is 129 Å². The number of aliphatic hydroxyl groups is 1. The van der Waals surface area contributed by atoms with Gasteiger partial charge in [-0.2, -0.15) is 0 Å². The van der Waals surface area contributed by atoms with E-state index in [1.165, 1.54) is 22.3 Å². The first kappa shape index (κ1) is 14.2. The number of benzene rings is 1. The van der Waals surface area contributed by atoms with E-state index in [-0.39, 0.29) is 23.0 Å². The van der Waals surface area contributed by atoms with E-state index in [9.17, 15) is 14.7 Å². The van der Waals surface area contributed by atoms with Crippen LogP contribution in [0.5, 0.6) is 5.75 Å². The molecule has 2 N–H and O–H groups in total. The molecule has 1 aliphatic heterocycles. The number of para-hydroxylation sites is 1. The smallest absolute Gasteiger partial charge is 0.509 e. The zero-order valence-corrected chi connectivity index (χ0v) is 11.9. The number of hydrogen-bond acceptors (Lipinski definition) is 7. The topological polar surface area (TPSA) is 100.0 Å². The van der Waals surface area contributed by atoms with Crippen molar-refractivity contribution in [3.05, 3.63) is 41.8 Å². The molecule has 0 atom stereocenters. The first-order chi connectivity index (χ1) is 10.6. The van der Waals surface area contributed by atoms with E-state index in [1.54, 1.807) is 24.3 Å². The molecule has 0 radical (unpaired) electrons. The van der Waals surface area contributed by atoms with Gasteiger partial charge in [0.15, 0.2) is 6.29 Å². The van der Waals surface area contributed by atoms with Gasteiger partial charge < -0.3 is 14.9 Å². The molecule has 0 saturated heterocycles. The molecule has 1 aliphatic rings. The number of hydrogen-bond donors (Lipinski definition) is 2. The molecule has 2 heterocycles. The molecule has 112 valence electrons. The summed E-state index contributed by atoms with van der Waals surface area (Å²) >= 11 is 1.18. The number of carbonyl (C=O) groups is 2. The van der Waals surface area contributed by atoms with Gasteiger partial charge >= 0.3 is 6.16 Å². The van der Waals surface area contributed by atoms with Crippen molar-refractivity contribution >= 4 is 41.1 Å². The molecule has 0 aliphatic carbocycles. The summed E-state index contributed by atoms with van der Waals surface area (Å²) in [6.45, 7) is 0. The van der Waals surface area contributed by atoms with Crippen LogP contribution < -0.4 is 9.04 Å². The molecule has 0 fully saturated rings. The molecular formula is C14H10N2O5S. The highest BCUT2D eigenvalue weighted by Gasteiger charge is 2.26. The fourth-order valence-corrected chi connectivity index (χ4v) is 3.02. The number of rotatable bonds is 3. The largest absolute Gasteiger partial charge is 0.511 e. The van der Waals surface area contributed by atoms with Gasteiger partial charge in [-0.3, -0.25) is 9.10 Å². The molecular weight excluding hydrogens is 308 g/mol. The number of ether oxygens (including phenoxy) is 1. The van der Waals surface area contributed by atoms with Crippen LogP contribution in [-0.2, 0) is 4.79 Å². The number of anilines is 1. The average molecular weight is 318 g/mol. The highest BCUT2D eigenvalue weighted by molar-refractivity contribution is 8.01. The second-order valence-corrected chi connectivity index (χ2v) is 5.29. The second-order valence-electron chi connectivity index (χ2n) is 4.38. The lowest BCUT2D eigenvalue weighted by Crippen LogP contribution is -2.13. The van der Waals surface area contributed by atoms with Crippen LogP contribution in [0.25, 0.3) is 10.9 Å². The minimum atomic E-state index is -1.44. The SMILES string of the molecule is O=CC1=C(O)CSN1c1cc(OC(=O)O)c2ccccc2n1. The van der Waals surface area contributed by atoms with E-state index in [4.69, 9.17) is 9.84 Å². The number of carbonyl (C=O) groups excluding carboxylic acids is 1. The lowest BCUT2D eigenvalue weighted by atomic mass is 10.2. The summed E-state index contributed by atoms with van der Waals surface area (Å²) in [5, 5.41) is 19.1. The Morgan fingerprint density at radius 2 is 2.18 bits per heavy atom. The van der Waals surface area contributed by atoms with Crippen molar-refractivity contribution in [1.29, 1.82) is 0 Å². The van der Waals surface area contributed by atoms with Crippen LogP contribution in [-0.4, -0.2) is 33.4 Å². The monoisotopic (exact) mass is 318 g/mol. The van der Waals surface area contributed by atoms with E-state index in [1.807, 2.05) is 0 Å². The van der Waals surface area contributed by atoms with Gasteiger partial charge in [0.2, 0.25) is 0 Å². The summed E-state index contributed by atoms with van der Waals surface area (Å²) in [5.74, 6) is 0.629. The van der Waals surface area contributed by atoms with E-state index in [0.29, 0.717) is 23.0 Å². The Bertz CT molecular complexity index is 805. The summed E-state index contributed by atoms with van der Waals surface area (Å²) in [5.41, 5.74) is 0.613. The Balaban J connectivity index is 2.15. The summed E-state index contributed by atoms with van der Waals surface area (Å²) in [6, 6.07) is 8.32. The van der Waals surface area contributed by atoms with Crippen molar-refractivity contribution in [2.45, 2.75) is 0 Å². The molecule has 1 aromatic carbocycles. The van der Waals surface area contributed by atoms with Crippen molar-refractivity contribution < 1.29 is 24.5 Å². The standard InChI is InChI=1S/C14H10N2O5S/c17-6-10-11(18)7-22-16(10)13-5-12(21-14(19)20)8-3-1-2-4-9(8)15-13/h1-6,18H,7H2,(H,19,20). The number of carboxylic acid groups (broad SMARTS) is 1. The quantitative estimate of drug-likeness (QED) is 0.506. The van der Waals surface area contributed by atoms with E-state index in [0.717, 1.165) is 0 Å². The zero-order valence-electron chi connectivity index (χ0n) is 11.1. The summed E-state index contributed by atoms with van der Waals surface area (Å²) in [6.07, 6.45) is -0.908. The van der Waals surface area contributed by atoms with E-state index >= 15 is 0 Å². The van der Waals surface area contributed by atoms with Crippen LogP contribution in [0.2, 0.25) is 0 Å². The minimum Gasteiger partial charge on any atom is -0.509 e. The number of aliphatic hydroxyl groups excluding tert-OH is 1. The van der Waals surface area contributed by atoms with Crippen LogP contribution in [0, 0.1) is 0 Å². The third-order valence-corrected chi connectivity index (χ3v) is 4.07. The first-order valence-electron chi connectivity index (χ1n) is 6.21. The number of nitrogens with zero attached hydrogens (tertiary/aromatic N) is 2. The third-order valence-electron chi connectivity index (χ3n) is 3.03. The number of fused-ring (bicyclic) bond motifs is 1. The molecule has 0 unspecified atom stereocenters. The fraction of sp³-hybridized carbons (Fsp3) is 0.0714. The summed E-state index contributed by atoms with van der Waals surface area (Å²) < 4.78 is 6.25. The van der Waals surface area contributed by atoms with Crippen LogP contribution >= 0.6 is 11.9 Å². The first-order valence-corrected chi connectivity index (χ1v) is 7.15. The Morgan fingerprint density at radius 3 is 2.91 bits per heavy atom. The molecule has 0 saturated carbocycles. The van der Waals surface area contributed by atoms with Gasteiger partial charge in [0, 0.05) is 11.5 Å². The van der Waals surface area contributed by atoms with Crippen LogP contribution in [0.3, 0.4) is 0 Å². The van der Waals surface area contributed by atoms with Crippen molar-refractivity contribution in [3.63, 3.8) is 0 Å². The summed E-state index contributed by atoms with van der Waals surface area (Å²) in [7, 11) is 0. The molecule has 2 aromatic rings. The fourth-order valence-electron chi connectivity index (χ4n) is 2.10. The zero-order chi connectivity index (χ0) is 15.7. The maximum absolute atomic E-state index is 11.1. The molecule has 22 heavy (non-hydrogen) atoms. The summed E-state index contributed by atoms with van der Waals surface area (Å²) in [4.78, 5) is 26.3. The lowest BCUT2D eigenvalue weighted by Gasteiger charge is -2.17. The highest BCUT2D eigenvalue weighted by atomic mass is 32.2. The highest BCUT2D eigenvalue weighted by Crippen LogP contribution is 2.37. The number of allylic oxidation sites excluding steroid dienone is 1. The molecule has 0 spiro atoms. The second kappa shape index (κ2) is 5.57. The third kappa shape index (κ3) is 2.44.